The lowest BCUT2D eigenvalue weighted by Gasteiger charge is -2.00. The number of carbonyl (C=O) groups excluding carboxylic acids is 1. The van der Waals surface area contributed by atoms with Crippen LogP contribution in [0.4, 0.5) is 5.13 Å². The van der Waals surface area contributed by atoms with E-state index in [1.165, 1.54) is 29.7 Å². The zero-order valence-corrected chi connectivity index (χ0v) is 11.6. The van der Waals surface area contributed by atoms with Gasteiger partial charge in [-0.05, 0) is 12.1 Å². The Kier molecular flexibility index (Phi) is 4.99. The van der Waals surface area contributed by atoms with Gasteiger partial charge in [0.15, 0.2) is 5.13 Å². The lowest BCUT2D eigenvalue weighted by atomic mass is 10.2. The Morgan fingerprint density at radius 2 is 2.24 bits per heavy atom. The van der Waals surface area contributed by atoms with Gasteiger partial charge in [0.25, 0.3) is 5.91 Å². The number of nitrogens with one attached hydrogen (secondary N) is 1. The van der Waals surface area contributed by atoms with Crippen molar-refractivity contribution in [2.45, 2.75) is 6.42 Å². The van der Waals surface area contributed by atoms with Crippen LogP contribution >= 0.6 is 11.3 Å². The lowest BCUT2D eigenvalue weighted by Crippen LogP contribution is -2.13. The van der Waals surface area contributed by atoms with Crippen LogP contribution in [0.1, 0.15) is 27.3 Å². The zero-order chi connectivity index (χ0) is 15.1. The smallest absolute Gasteiger partial charge is 0.276 e. The fourth-order valence-corrected chi connectivity index (χ4v) is 2.04. The minimum atomic E-state index is -0.399. The highest BCUT2D eigenvalue weighted by atomic mass is 32.1. The summed E-state index contributed by atoms with van der Waals surface area (Å²) in [6.07, 6.45) is 3.29. The number of aromatic nitrogens is 2. The molecule has 0 aliphatic carbocycles. The van der Waals surface area contributed by atoms with E-state index < -0.39 is 5.91 Å². The number of aliphatic hydroxyl groups is 1. The van der Waals surface area contributed by atoms with Gasteiger partial charge in [0.05, 0.1) is 23.2 Å². The monoisotopic (exact) mass is 298 g/mol. The minimum Gasteiger partial charge on any atom is -0.395 e. The summed E-state index contributed by atoms with van der Waals surface area (Å²) in [6, 6.07) is 4.93. The molecule has 0 aromatic carbocycles. The molecule has 2 aromatic rings. The summed E-state index contributed by atoms with van der Waals surface area (Å²) in [4.78, 5) is 20.6. The van der Waals surface area contributed by atoms with E-state index in [1.54, 1.807) is 6.20 Å². The van der Waals surface area contributed by atoms with Crippen LogP contribution in [0.2, 0.25) is 0 Å². The van der Waals surface area contributed by atoms with Crippen molar-refractivity contribution >= 4 is 22.4 Å². The Morgan fingerprint density at radius 3 is 2.90 bits per heavy atom. The van der Waals surface area contributed by atoms with Crippen molar-refractivity contribution in [1.82, 2.24) is 9.97 Å². The van der Waals surface area contributed by atoms with Crippen LogP contribution in [-0.4, -0.2) is 27.6 Å². The van der Waals surface area contributed by atoms with Gasteiger partial charge in [-0.15, -0.1) is 0 Å². The van der Waals surface area contributed by atoms with Crippen LogP contribution in [0.3, 0.4) is 0 Å². The van der Waals surface area contributed by atoms with Gasteiger partial charge in [0, 0.05) is 12.6 Å². The number of amides is 1. The molecular formula is C14H10N4O2S. The van der Waals surface area contributed by atoms with Gasteiger partial charge in [0.2, 0.25) is 0 Å². The molecule has 0 aliphatic rings. The van der Waals surface area contributed by atoms with Crippen LogP contribution in [0, 0.1) is 23.2 Å². The van der Waals surface area contributed by atoms with Gasteiger partial charge in [-0.1, -0.05) is 23.2 Å². The standard InChI is InChI=1S/C14H10N4O2S/c15-7-10-4-5-12(16-8-10)13(20)18-14-17-9-11(21-14)3-1-2-6-19/h4-5,8-9,19H,2,6H2,(H,17,18,20). The van der Waals surface area contributed by atoms with Gasteiger partial charge in [-0.2, -0.15) is 5.26 Å². The van der Waals surface area contributed by atoms with Crippen molar-refractivity contribution in [3.63, 3.8) is 0 Å². The number of hydrogen-bond donors (Lipinski definition) is 2. The first kappa shape index (κ1) is 14.7. The maximum absolute atomic E-state index is 11.9. The van der Waals surface area contributed by atoms with E-state index in [-0.39, 0.29) is 12.3 Å². The number of carbonyl (C=O) groups is 1. The molecule has 0 unspecified atom stereocenters. The number of anilines is 1. The number of thiazole rings is 1. The summed E-state index contributed by atoms with van der Waals surface area (Å²) in [7, 11) is 0. The van der Waals surface area contributed by atoms with Gasteiger partial charge in [-0.3, -0.25) is 10.1 Å². The molecule has 0 bridgehead atoms. The van der Waals surface area contributed by atoms with Crippen molar-refractivity contribution in [1.29, 1.82) is 5.26 Å². The predicted molar refractivity (Wildman–Crippen MR) is 77.6 cm³/mol. The molecule has 0 fully saturated rings. The number of pyridine rings is 1. The van der Waals surface area contributed by atoms with Crippen LogP contribution in [0.5, 0.6) is 0 Å². The first-order chi connectivity index (χ1) is 10.2. The third kappa shape index (κ3) is 4.11. The summed E-state index contributed by atoms with van der Waals surface area (Å²) in [6.45, 7) is 0.0136. The SMILES string of the molecule is N#Cc1ccc(C(=O)Nc2ncc(C#CCCO)s2)nc1. The van der Waals surface area contributed by atoms with Crippen LogP contribution < -0.4 is 5.32 Å². The maximum Gasteiger partial charge on any atom is 0.276 e. The summed E-state index contributed by atoms with van der Waals surface area (Å²) >= 11 is 1.24. The average Bonchev–Trinajstić information content (AvgIpc) is 2.95. The average molecular weight is 298 g/mol. The second kappa shape index (κ2) is 7.15. The van der Waals surface area contributed by atoms with E-state index in [0.717, 1.165) is 0 Å². The minimum absolute atomic E-state index is 0.0136. The van der Waals surface area contributed by atoms with E-state index in [1.807, 2.05) is 6.07 Å². The molecule has 21 heavy (non-hydrogen) atoms. The molecule has 0 spiro atoms. The molecule has 0 radical (unpaired) electrons. The first-order valence-electron chi connectivity index (χ1n) is 5.96. The number of nitrogens with zero attached hydrogens (tertiary/aromatic N) is 3. The number of nitriles is 1. The van der Waals surface area contributed by atoms with E-state index in [2.05, 4.69) is 27.1 Å². The van der Waals surface area contributed by atoms with Gasteiger partial charge in [0.1, 0.15) is 11.8 Å². The second-order valence-electron chi connectivity index (χ2n) is 3.80. The lowest BCUT2D eigenvalue weighted by molar-refractivity contribution is 0.102. The summed E-state index contributed by atoms with van der Waals surface area (Å²) in [5, 5.41) is 20.3. The molecule has 0 saturated carbocycles. The fourth-order valence-electron chi connectivity index (χ4n) is 1.35. The number of rotatable bonds is 3. The Labute approximate surface area is 125 Å². The highest BCUT2D eigenvalue weighted by Gasteiger charge is 2.09. The normalized spacial score (nSPS) is 9.33. The zero-order valence-electron chi connectivity index (χ0n) is 10.8. The summed E-state index contributed by atoms with van der Waals surface area (Å²) in [5.74, 6) is 5.21. The van der Waals surface area contributed by atoms with E-state index >= 15 is 0 Å². The molecule has 2 heterocycles. The van der Waals surface area contributed by atoms with Crippen LogP contribution in [-0.2, 0) is 0 Å². The third-order valence-electron chi connectivity index (χ3n) is 2.30. The summed E-state index contributed by atoms with van der Waals surface area (Å²) < 4.78 is 0. The number of aliphatic hydroxyl groups excluding tert-OH is 1. The molecule has 1 amide bonds. The highest BCUT2D eigenvalue weighted by molar-refractivity contribution is 7.16. The third-order valence-corrected chi connectivity index (χ3v) is 3.13. The second-order valence-corrected chi connectivity index (χ2v) is 4.83. The van der Waals surface area contributed by atoms with Crippen LogP contribution in [0.15, 0.2) is 24.5 Å². The van der Waals surface area contributed by atoms with Crippen molar-refractivity contribution in [3.05, 3.63) is 40.7 Å². The quantitative estimate of drug-likeness (QED) is 0.834. The molecule has 0 aliphatic heterocycles. The van der Waals surface area contributed by atoms with E-state index in [0.29, 0.717) is 22.0 Å². The number of hydrogen-bond acceptors (Lipinski definition) is 6. The molecule has 0 atom stereocenters. The Bertz CT molecular complexity index is 735. The molecule has 104 valence electrons. The van der Waals surface area contributed by atoms with Gasteiger partial charge in [-0.25, -0.2) is 9.97 Å². The molecular weight excluding hydrogens is 288 g/mol. The van der Waals surface area contributed by atoms with Gasteiger partial charge >= 0.3 is 0 Å². The van der Waals surface area contributed by atoms with E-state index in [9.17, 15) is 4.79 Å². The first-order valence-corrected chi connectivity index (χ1v) is 6.77. The molecule has 7 heteroatoms. The fraction of sp³-hybridized carbons (Fsp3) is 0.143. The molecule has 2 N–H and O–H groups in total. The predicted octanol–water partition coefficient (Wildman–Crippen LogP) is 1.40. The highest BCUT2D eigenvalue weighted by Crippen LogP contribution is 2.17. The van der Waals surface area contributed by atoms with Crippen LogP contribution in [0.25, 0.3) is 0 Å². The van der Waals surface area contributed by atoms with Crippen molar-refractivity contribution < 1.29 is 9.90 Å². The molecule has 2 aromatic heterocycles. The Hall–Kier alpha value is -2.74. The largest absolute Gasteiger partial charge is 0.395 e. The molecule has 2 rings (SSSR count). The summed E-state index contributed by atoms with van der Waals surface area (Å²) in [5.41, 5.74) is 0.597. The Balaban J connectivity index is 2.03. The maximum atomic E-state index is 11.9. The van der Waals surface area contributed by atoms with Gasteiger partial charge < -0.3 is 5.11 Å². The van der Waals surface area contributed by atoms with Crippen molar-refractivity contribution in [2.75, 3.05) is 11.9 Å². The van der Waals surface area contributed by atoms with Crippen molar-refractivity contribution in [2.24, 2.45) is 0 Å². The molecule has 0 saturated heterocycles. The topological polar surface area (TPSA) is 98.9 Å². The van der Waals surface area contributed by atoms with Crippen molar-refractivity contribution in [3.8, 4) is 17.9 Å². The molecule has 6 nitrogen and oxygen atoms in total. The van der Waals surface area contributed by atoms with E-state index in [4.69, 9.17) is 10.4 Å². The Morgan fingerprint density at radius 1 is 1.38 bits per heavy atom.